The Morgan fingerprint density at radius 3 is 2.85 bits per heavy atom. The molecule has 5 nitrogen and oxygen atoms in total. The SMILES string of the molecule is CC1Oc2ccc(NC(=O)C3CCCC3)cc2NC1=O. The number of anilines is 2. The molecule has 1 aromatic carbocycles. The summed E-state index contributed by atoms with van der Waals surface area (Å²) in [4.78, 5) is 23.6. The van der Waals surface area contributed by atoms with Crippen LogP contribution in [0.4, 0.5) is 11.4 Å². The first-order chi connectivity index (χ1) is 9.63. The number of hydrogen-bond acceptors (Lipinski definition) is 3. The summed E-state index contributed by atoms with van der Waals surface area (Å²) in [5, 5.41) is 5.69. The minimum atomic E-state index is -0.485. The first-order valence-electron chi connectivity index (χ1n) is 7.06. The van der Waals surface area contributed by atoms with Crippen molar-refractivity contribution < 1.29 is 14.3 Å². The van der Waals surface area contributed by atoms with Crippen LogP contribution < -0.4 is 15.4 Å². The van der Waals surface area contributed by atoms with E-state index in [4.69, 9.17) is 4.74 Å². The minimum Gasteiger partial charge on any atom is -0.479 e. The van der Waals surface area contributed by atoms with Gasteiger partial charge in [-0.3, -0.25) is 9.59 Å². The van der Waals surface area contributed by atoms with E-state index in [0.29, 0.717) is 17.1 Å². The van der Waals surface area contributed by atoms with Gasteiger partial charge in [0, 0.05) is 11.6 Å². The molecular formula is C15H18N2O3. The van der Waals surface area contributed by atoms with Gasteiger partial charge in [0.15, 0.2) is 6.10 Å². The zero-order chi connectivity index (χ0) is 14.1. The van der Waals surface area contributed by atoms with Crippen LogP contribution in [0.3, 0.4) is 0 Å². The van der Waals surface area contributed by atoms with Crippen LogP contribution in [0.1, 0.15) is 32.6 Å². The lowest BCUT2D eigenvalue weighted by Gasteiger charge is -2.23. The first kappa shape index (κ1) is 13.0. The van der Waals surface area contributed by atoms with E-state index in [2.05, 4.69) is 10.6 Å². The Morgan fingerprint density at radius 1 is 1.35 bits per heavy atom. The van der Waals surface area contributed by atoms with Crippen molar-refractivity contribution in [1.29, 1.82) is 0 Å². The molecule has 2 aliphatic rings. The molecule has 106 valence electrons. The maximum absolute atomic E-state index is 12.1. The lowest BCUT2D eigenvalue weighted by Crippen LogP contribution is -2.34. The molecule has 1 unspecified atom stereocenters. The van der Waals surface area contributed by atoms with Gasteiger partial charge >= 0.3 is 0 Å². The number of fused-ring (bicyclic) bond motifs is 1. The fourth-order valence-electron chi connectivity index (χ4n) is 2.72. The topological polar surface area (TPSA) is 67.4 Å². The molecule has 1 heterocycles. The molecule has 0 bridgehead atoms. The standard InChI is InChI=1S/C15H18N2O3/c1-9-14(18)17-12-8-11(6-7-13(12)20-9)16-15(19)10-4-2-3-5-10/h6-10H,2-5H2,1H3,(H,16,19)(H,17,18). The van der Waals surface area contributed by atoms with E-state index in [1.54, 1.807) is 25.1 Å². The van der Waals surface area contributed by atoms with Gasteiger partial charge in [0.1, 0.15) is 5.75 Å². The number of nitrogens with one attached hydrogen (secondary N) is 2. The molecule has 1 atom stereocenters. The zero-order valence-corrected chi connectivity index (χ0v) is 11.4. The number of rotatable bonds is 2. The van der Waals surface area contributed by atoms with E-state index < -0.39 is 6.10 Å². The van der Waals surface area contributed by atoms with Crippen LogP contribution in [-0.2, 0) is 9.59 Å². The second kappa shape index (κ2) is 5.15. The highest BCUT2D eigenvalue weighted by Gasteiger charge is 2.25. The molecule has 1 saturated carbocycles. The summed E-state index contributed by atoms with van der Waals surface area (Å²) in [5.74, 6) is 0.656. The van der Waals surface area contributed by atoms with E-state index in [-0.39, 0.29) is 17.7 Å². The maximum Gasteiger partial charge on any atom is 0.265 e. The molecule has 0 radical (unpaired) electrons. The first-order valence-corrected chi connectivity index (χ1v) is 7.06. The largest absolute Gasteiger partial charge is 0.479 e. The summed E-state index contributed by atoms with van der Waals surface area (Å²) in [6, 6.07) is 5.32. The summed E-state index contributed by atoms with van der Waals surface area (Å²) in [5.41, 5.74) is 1.30. The summed E-state index contributed by atoms with van der Waals surface area (Å²) in [7, 11) is 0. The Balaban J connectivity index is 1.74. The Labute approximate surface area is 117 Å². The Kier molecular flexibility index (Phi) is 3.34. The van der Waals surface area contributed by atoms with Crippen molar-refractivity contribution in [3.8, 4) is 5.75 Å². The van der Waals surface area contributed by atoms with Gasteiger partial charge in [0.2, 0.25) is 5.91 Å². The molecule has 0 aromatic heterocycles. The third kappa shape index (κ3) is 2.48. The van der Waals surface area contributed by atoms with Gasteiger partial charge in [0.25, 0.3) is 5.91 Å². The monoisotopic (exact) mass is 274 g/mol. The van der Waals surface area contributed by atoms with Gasteiger partial charge in [-0.05, 0) is 38.0 Å². The Morgan fingerprint density at radius 2 is 2.10 bits per heavy atom. The van der Waals surface area contributed by atoms with Crippen molar-refractivity contribution >= 4 is 23.2 Å². The Bertz CT molecular complexity index is 550. The number of hydrogen-bond donors (Lipinski definition) is 2. The van der Waals surface area contributed by atoms with Crippen LogP contribution in [0, 0.1) is 5.92 Å². The van der Waals surface area contributed by atoms with Gasteiger partial charge in [0.05, 0.1) is 5.69 Å². The Hall–Kier alpha value is -2.04. The van der Waals surface area contributed by atoms with Crippen LogP contribution in [0.5, 0.6) is 5.75 Å². The van der Waals surface area contributed by atoms with Crippen LogP contribution in [0.25, 0.3) is 0 Å². The normalized spacial score (nSPS) is 21.9. The van der Waals surface area contributed by atoms with Gasteiger partial charge in [-0.1, -0.05) is 12.8 Å². The molecule has 2 amide bonds. The number of carbonyl (C=O) groups excluding carboxylic acids is 2. The number of amides is 2. The fraction of sp³-hybridized carbons (Fsp3) is 0.467. The molecular weight excluding hydrogens is 256 g/mol. The predicted octanol–water partition coefficient (Wildman–Crippen LogP) is 2.53. The summed E-state index contributed by atoms with van der Waals surface area (Å²) >= 11 is 0. The van der Waals surface area contributed by atoms with Crippen LogP contribution in [-0.4, -0.2) is 17.9 Å². The van der Waals surface area contributed by atoms with Gasteiger partial charge in [-0.15, -0.1) is 0 Å². The van der Waals surface area contributed by atoms with Crippen molar-refractivity contribution in [2.24, 2.45) is 5.92 Å². The quantitative estimate of drug-likeness (QED) is 0.870. The van der Waals surface area contributed by atoms with Gasteiger partial charge in [-0.2, -0.15) is 0 Å². The van der Waals surface area contributed by atoms with Crippen molar-refractivity contribution in [2.75, 3.05) is 10.6 Å². The molecule has 20 heavy (non-hydrogen) atoms. The van der Waals surface area contributed by atoms with Gasteiger partial charge in [-0.25, -0.2) is 0 Å². The highest BCUT2D eigenvalue weighted by molar-refractivity contribution is 5.99. The second-order valence-corrected chi connectivity index (χ2v) is 5.43. The summed E-state index contributed by atoms with van der Waals surface area (Å²) < 4.78 is 5.48. The number of ether oxygens (including phenoxy) is 1. The summed E-state index contributed by atoms with van der Waals surface area (Å²) in [6.07, 6.45) is 3.71. The van der Waals surface area contributed by atoms with Crippen LogP contribution in [0.15, 0.2) is 18.2 Å². The molecule has 1 fully saturated rings. The van der Waals surface area contributed by atoms with Crippen molar-refractivity contribution in [2.45, 2.75) is 38.7 Å². The smallest absolute Gasteiger partial charge is 0.265 e. The third-order valence-corrected chi connectivity index (χ3v) is 3.90. The summed E-state index contributed by atoms with van der Waals surface area (Å²) in [6.45, 7) is 1.70. The van der Waals surface area contributed by atoms with Crippen molar-refractivity contribution in [3.63, 3.8) is 0 Å². The fourth-order valence-corrected chi connectivity index (χ4v) is 2.72. The lowest BCUT2D eigenvalue weighted by molar-refractivity contribution is -0.122. The maximum atomic E-state index is 12.1. The van der Waals surface area contributed by atoms with Crippen LogP contribution >= 0.6 is 0 Å². The molecule has 1 aliphatic carbocycles. The van der Waals surface area contributed by atoms with E-state index in [0.717, 1.165) is 25.7 Å². The molecule has 2 N–H and O–H groups in total. The lowest BCUT2D eigenvalue weighted by atomic mass is 10.1. The molecule has 0 saturated heterocycles. The third-order valence-electron chi connectivity index (χ3n) is 3.90. The number of carbonyl (C=O) groups is 2. The average molecular weight is 274 g/mol. The van der Waals surface area contributed by atoms with E-state index in [1.807, 2.05) is 0 Å². The minimum absolute atomic E-state index is 0.0684. The molecule has 5 heteroatoms. The zero-order valence-electron chi connectivity index (χ0n) is 11.4. The average Bonchev–Trinajstić information content (AvgIpc) is 2.94. The van der Waals surface area contributed by atoms with Crippen LogP contribution in [0.2, 0.25) is 0 Å². The number of benzene rings is 1. The molecule has 1 aromatic rings. The van der Waals surface area contributed by atoms with Crippen molar-refractivity contribution in [3.05, 3.63) is 18.2 Å². The van der Waals surface area contributed by atoms with Crippen molar-refractivity contribution in [1.82, 2.24) is 0 Å². The van der Waals surface area contributed by atoms with E-state index >= 15 is 0 Å². The highest BCUT2D eigenvalue weighted by atomic mass is 16.5. The molecule has 0 spiro atoms. The van der Waals surface area contributed by atoms with Gasteiger partial charge < -0.3 is 15.4 Å². The molecule has 1 aliphatic heterocycles. The molecule has 3 rings (SSSR count). The highest BCUT2D eigenvalue weighted by Crippen LogP contribution is 2.33. The predicted molar refractivity (Wildman–Crippen MR) is 75.7 cm³/mol. The van der Waals surface area contributed by atoms with E-state index in [9.17, 15) is 9.59 Å². The van der Waals surface area contributed by atoms with E-state index in [1.165, 1.54) is 0 Å². The second-order valence-electron chi connectivity index (χ2n) is 5.43.